The fourth-order valence-electron chi connectivity index (χ4n) is 2.37. The average molecular weight is 261 g/mol. The number of ether oxygens (including phenoxy) is 1. The Bertz CT molecular complexity index is 456. The number of rotatable bonds is 4. The molecule has 0 bridgehead atoms. The smallest absolute Gasteiger partial charge is 0.233 e. The van der Waals surface area contributed by atoms with Crippen LogP contribution in [0.15, 0.2) is 12.1 Å². The molecule has 3 rings (SSSR count). The molecule has 1 aliphatic heterocycles. The van der Waals surface area contributed by atoms with Gasteiger partial charge in [0.05, 0.1) is 12.2 Å². The van der Waals surface area contributed by atoms with E-state index >= 15 is 0 Å². The fraction of sp³-hybridized carbons (Fsp3) is 0.643. The van der Waals surface area contributed by atoms with Gasteiger partial charge in [-0.05, 0) is 31.7 Å². The molecule has 19 heavy (non-hydrogen) atoms. The van der Waals surface area contributed by atoms with Gasteiger partial charge in [-0.3, -0.25) is 4.79 Å². The maximum absolute atomic E-state index is 12.0. The van der Waals surface area contributed by atoms with Gasteiger partial charge in [0.2, 0.25) is 11.8 Å². The second-order valence-corrected chi connectivity index (χ2v) is 5.53. The van der Waals surface area contributed by atoms with E-state index in [1.54, 1.807) is 0 Å². The van der Waals surface area contributed by atoms with E-state index in [-0.39, 0.29) is 12.0 Å². The van der Waals surface area contributed by atoms with Crippen LogP contribution in [0.25, 0.3) is 0 Å². The maximum atomic E-state index is 12.0. The number of carbonyl (C=O) groups excluding carboxylic acids is 1. The Morgan fingerprint density at radius 1 is 1.37 bits per heavy atom. The van der Waals surface area contributed by atoms with Gasteiger partial charge in [-0.1, -0.05) is 0 Å². The monoisotopic (exact) mass is 261 g/mol. The summed E-state index contributed by atoms with van der Waals surface area (Å²) < 4.78 is 5.76. The molecular weight excluding hydrogens is 242 g/mol. The van der Waals surface area contributed by atoms with Crippen molar-refractivity contribution in [2.75, 3.05) is 13.1 Å². The van der Waals surface area contributed by atoms with Gasteiger partial charge in [0.25, 0.3) is 0 Å². The summed E-state index contributed by atoms with van der Waals surface area (Å²) in [4.78, 5) is 13.9. The summed E-state index contributed by atoms with van der Waals surface area (Å²) in [6.45, 7) is 3.38. The molecule has 1 aromatic rings. The van der Waals surface area contributed by atoms with Crippen LogP contribution in [0.1, 0.15) is 31.4 Å². The molecule has 2 heterocycles. The Balaban J connectivity index is 1.50. The SMILES string of the molecule is Cc1ccc(O[C@@H]2CCN(C(=O)CC3CC3)C2)nn1. The molecule has 102 valence electrons. The summed E-state index contributed by atoms with van der Waals surface area (Å²) in [7, 11) is 0. The number of carbonyl (C=O) groups is 1. The molecule has 0 spiro atoms. The Hall–Kier alpha value is -1.65. The first-order chi connectivity index (χ1) is 9.20. The molecule has 1 saturated carbocycles. The zero-order chi connectivity index (χ0) is 13.2. The van der Waals surface area contributed by atoms with Gasteiger partial charge in [0.1, 0.15) is 6.10 Å². The Morgan fingerprint density at radius 3 is 2.89 bits per heavy atom. The van der Waals surface area contributed by atoms with Crippen molar-refractivity contribution < 1.29 is 9.53 Å². The number of likely N-dealkylation sites (tertiary alicyclic amines) is 1. The highest BCUT2D eigenvalue weighted by atomic mass is 16.5. The van der Waals surface area contributed by atoms with E-state index in [2.05, 4.69) is 10.2 Å². The zero-order valence-electron chi connectivity index (χ0n) is 11.2. The van der Waals surface area contributed by atoms with Crippen LogP contribution >= 0.6 is 0 Å². The first-order valence-electron chi connectivity index (χ1n) is 6.95. The zero-order valence-corrected chi connectivity index (χ0v) is 11.2. The minimum Gasteiger partial charge on any atom is -0.471 e. The highest BCUT2D eigenvalue weighted by Crippen LogP contribution is 2.33. The van der Waals surface area contributed by atoms with Crippen LogP contribution < -0.4 is 4.74 Å². The fourth-order valence-corrected chi connectivity index (χ4v) is 2.37. The molecule has 2 aliphatic rings. The number of nitrogens with zero attached hydrogens (tertiary/aromatic N) is 3. The van der Waals surface area contributed by atoms with E-state index in [0.717, 1.165) is 25.1 Å². The van der Waals surface area contributed by atoms with Crippen LogP contribution in [0.5, 0.6) is 5.88 Å². The molecule has 1 aliphatic carbocycles. The Kier molecular flexibility index (Phi) is 3.36. The lowest BCUT2D eigenvalue weighted by Gasteiger charge is -2.16. The Morgan fingerprint density at radius 2 is 2.21 bits per heavy atom. The first-order valence-corrected chi connectivity index (χ1v) is 6.95. The molecule has 5 heteroatoms. The molecular formula is C14H19N3O2. The highest BCUT2D eigenvalue weighted by molar-refractivity contribution is 5.77. The lowest BCUT2D eigenvalue weighted by molar-refractivity contribution is -0.130. The minimum atomic E-state index is 0.0557. The normalized spacial score (nSPS) is 22.6. The van der Waals surface area contributed by atoms with Crippen molar-refractivity contribution in [1.82, 2.24) is 15.1 Å². The highest BCUT2D eigenvalue weighted by Gasteiger charge is 2.31. The molecule has 0 radical (unpaired) electrons. The summed E-state index contributed by atoms with van der Waals surface area (Å²) in [5, 5.41) is 7.96. The van der Waals surface area contributed by atoms with Crippen molar-refractivity contribution in [3.8, 4) is 5.88 Å². The van der Waals surface area contributed by atoms with Crippen LogP contribution in [0.2, 0.25) is 0 Å². The number of hydrogen-bond acceptors (Lipinski definition) is 4. The third-order valence-electron chi connectivity index (χ3n) is 3.72. The summed E-state index contributed by atoms with van der Waals surface area (Å²) in [6, 6.07) is 3.71. The van der Waals surface area contributed by atoms with Crippen molar-refractivity contribution in [2.45, 2.75) is 38.7 Å². The van der Waals surface area contributed by atoms with Crippen LogP contribution in [0.4, 0.5) is 0 Å². The standard InChI is InChI=1S/C14H19N3O2/c1-10-2-5-13(16-15-10)19-12-6-7-17(9-12)14(18)8-11-3-4-11/h2,5,11-12H,3-4,6-9H2,1H3/t12-/m1/s1. The first kappa shape index (κ1) is 12.4. The van der Waals surface area contributed by atoms with Gasteiger partial charge >= 0.3 is 0 Å². The molecule has 5 nitrogen and oxygen atoms in total. The largest absolute Gasteiger partial charge is 0.471 e. The van der Waals surface area contributed by atoms with Crippen molar-refractivity contribution in [3.63, 3.8) is 0 Å². The van der Waals surface area contributed by atoms with Crippen molar-refractivity contribution in [3.05, 3.63) is 17.8 Å². The van der Waals surface area contributed by atoms with Gasteiger partial charge in [-0.15, -0.1) is 5.10 Å². The second kappa shape index (κ2) is 5.15. The minimum absolute atomic E-state index is 0.0557. The van der Waals surface area contributed by atoms with Crippen molar-refractivity contribution >= 4 is 5.91 Å². The van der Waals surface area contributed by atoms with Crippen LogP contribution in [0, 0.1) is 12.8 Å². The van der Waals surface area contributed by atoms with Crippen molar-refractivity contribution in [1.29, 1.82) is 0 Å². The summed E-state index contributed by atoms with van der Waals surface area (Å²) in [5.41, 5.74) is 0.875. The summed E-state index contributed by atoms with van der Waals surface area (Å²) in [5.74, 6) is 1.48. The number of aromatic nitrogens is 2. The van der Waals surface area contributed by atoms with Gasteiger partial charge in [0.15, 0.2) is 0 Å². The maximum Gasteiger partial charge on any atom is 0.233 e. The molecule has 2 fully saturated rings. The van der Waals surface area contributed by atoms with Crippen LogP contribution in [-0.2, 0) is 4.79 Å². The molecule has 1 amide bonds. The third kappa shape index (κ3) is 3.22. The molecule has 1 saturated heterocycles. The molecule has 1 aromatic heterocycles. The van der Waals surface area contributed by atoms with E-state index < -0.39 is 0 Å². The average Bonchev–Trinajstić information content (AvgIpc) is 3.08. The van der Waals surface area contributed by atoms with Gasteiger partial charge in [0, 0.05) is 25.5 Å². The molecule has 1 atom stereocenters. The van der Waals surface area contributed by atoms with Crippen LogP contribution in [-0.4, -0.2) is 40.2 Å². The lowest BCUT2D eigenvalue weighted by atomic mass is 10.2. The predicted molar refractivity (Wildman–Crippen MR) is 69.7 cm³/mol. The number of hydrogen-bond donors (Lipinski definition) is 0. The van der Waals surface area contributed by atoms with Gasteiger partial charge in [-0.2, -0.15) is 5.10 Å². The van der Waals surface area contributed by atoms with E-state index in [9.17, 15) is 4.79 Å². The third-order valence-corrected chi connectivity index (χ3v) is 3.72. The second-order valence-electron chi connectivity index (χ2n) is 5.53. The number of amides is 1. The topological polar surface area (TPSA) is 55.3 Å². The summed E-state index contributed by atoms with van der Waals surface area (Å²) in [6.07, 6.45) is 4.10. The van der Waals surface area contributed by atoms with Gasteiger partial charge < -0.3 is 9.64 Å². The Labute approximate surface area is 113 Å². The summed E-state index contributed by atoms with van der Waals surface area (Å²) >= 11 is 0. The number of aryl methyl sites for hydroxylation is 1. The molecule has 0 N–H and O–H groups in total. The van der Waals surface area contributed by atoms with Gasteiger partial charge in [-0.25, -0.2) is 0 Å². The quantitative estimate of drug-likeness (QED) is 0.825. The van der Waals surface area contributed by atoms with E-state index in [0.29, 0.717) is 18.3 Å². The van der Waals surface area contributed by atoms with Crippen molar-refractivity contribution in [2.24, 2.45) is 5.92 Å². The van der Waals surface area contributed by atoms with E-state index in [1.807, 2.05) is 24.0 Å². The molecule has 0 aromatic carbocycles. The lowest BCUT2D eigenvalue weighted by Crippen LogP contribution is -2.31. The molecule has 0 unspecified atom stereocenters. The van der Waals surface area contributed by atoms with Crippen LogP contribution in [0.3, 0.4) is 0 Å². The van der Waals surface area contributed by atoms with E-state index in [4.69, 9.17) is 4.74 Å². The van der Waals surface area contributed by atoms with E-state index in [1.165, 1.54) is 12.8 Å². The predicted octanol–water partition coefficient (Wildman–Crippen LogP) is 1.56.